The van der Waals surface area contributed by atoms with Gasteiger partial charge in [0, 0.05) is 5.56 Å². The Bertz CT molecular complexity index is 549. The molecular formula is C11H8FNO2S2. The summed E-state index contributed by atoms with van der Waals surface area (Å²) >= 11 is -0.883. The van der Waals surface area contributed by atoms with Gasteiger partial charge in [-0.15, -0.1) is 11.3 Å². The molecule has 0 saturated carbocycles. The second kappa shape index (κ2) is 5.31. The molecule has 0 aliphatic rings. The first-order valence-electron chi connectivity index (χ1n) is 4.66. The SMILES string of the molecule is O=S(O)N=C(c1ccc(F)cc1)c1cccs1. The lowest BCUT2D eigenvalue weighted by molar-refractivity contribution is 0.566. The van der Waals surface area contributed by atoms with Gasteiger partial charge >= 0.3 is 0 Å². The van der Waals surface area contributed by atoms with E-state index in [0.717, 1.165) is 4.88 Å². The fourth-order valence-electron chi connectivity index (χ4n) is 1.34. The Kier molecular flexibility index (Phi) is 3.78. The molecule has 0 aliphatic heterocycles. The maximum atomic E-state index is 12.8. The van der Waals surface area contributed by atoms with Crippen molar-refractivity contribution in [2.24, 2.45) is 4.40 Å². The molecule has 0 fully saturated rings. The van der Waals surface area contributed by atoms with Gasteiger partial charge in [-0.1, -0.05) is 6.07 Å². The number of thiophene rings is 1. The molecule has 2 rings (SSSR count). The molecule has 1 aromatic heterocycles. The van der Waals surface area contributed by atoms with Gasteiger partial charge in [0.15, 0.2) is 0 Å². The van der Waals surface area contributed by atoms with E-state index < -0.39 is 11.3 Å². The molecule has 1 atom stereocenters. The molecule has 1 heterocycles. The molecule has 1 unspecified atom stereocenters. The quantitative estimate of drug-likeness (QED) is 0.688. The van der Waals surface area contributed by atoms with Gasteiger partial charge in [0.25, 0.3) is 11.3 Å². The minimum atomic E-state index is -2.29. The Morgan fingerprint density at radius 1 is 1.29 bits per heavy atom. The van der Waals surface area contributed by atoms with E-state index in [-0.39, 0.29) is 5.82 Å². The molecule has 2 aromatic rings. The molecule has 0 bridgehead atoms. The third-order valence-corrected chi connectivity index (χ3v) is 3.26. The largest absolute Gasteiger partial charge is 0.288 e. The highest BCUT2D eigenvalue weighted by molar-refractivity contribution is 7.78. The summed E-state index contributed by atoms with van der Waals surface area (Å²) in [7, 11) is 0. The molecular weight excluding hydrogens is 261 g/mol. The van der Waals surface area contributed by atoms with Crippen LogP contribution in [0.3, 0.4) is 0 Å². The highest BCUT2D eigenvalue weighted by atomic mass is 32.2. The molecule has 1 N–H and O–H groups in total. The van der Waals surface area contributed by atoms with Crippen molar-refractivity contribution in [3.63, 3.8) is 0 Å². The number of hydrogen-bond acceptors (Lipinski definition) is 2. The average Bonchev–Trinajstić information content (AvgIpc) is 2.80. The Morgan fingerprint density at radius 2 is 2.00 bits per heavy atom. The van der Waals surface area contributed by atoms with Crippen LogP contribution < -0.4 is 0 Å². The van der Waals surface area contributed by atoms with Gasteiger partial charge in [0.2, 0.25) is 0 Å². The van der Waals surface area contributed by atoms with Gasteiger partial charge in [-0.25, -0.2) is 8.60 Å². The van der Waals surface area contributed by atoms with Crippen LogP contribution in [0.2, 0.25) is 0 Å². The maximum Gasteiger partial charge on any atom is 0.282 e. The third-order valence-electron chi connectivity index (χ3n) is 2.04. The topological polar surface area (TPSA) is 49.7 Å². The van der Waals surface area contributed by atoms with E-state index in [1.165, 1.54) is 35.6 Å². The predicted octanol–water partition coefficient (Wildman–Crippen LogP) is 2.86. The first-order valence-corrected chi connectivity index (χ1v) is 6.60. The van der Waals surface area contributed by atoms with Gasteiger partial charge in [0.05, 0.1) is 4.88 Å². The number of rotatable bonds is 3. The molecule has 0 saturated heterocycles. The second-order valence-corrected chi connectivity index (χ2v) is 4.75. The normalized spacial score (nSPS) is 13.6. The Hall–Kier alpha value is -1.37. The molecule has 1 aromatic carbocycles. The van der Waals surface area contributed by atoms with Crippen molar-refractivity contribution in [1.82, 2.24) is 0 Å². The second-order valence-electron chi connectivity index (χ2n) is 3.15. The van der Waals surface area contributed by atoms with E-state index in [9.17, 15) is 8.60 Å². The van der Waals surface area contributed by atoms with Crippen LogP contribution >= 0.6 is 11.3 Å². The van der Waals surface area contributed by atoms with Crippen molar-refractivity contribution in [2.45, 2.75) is 0 Å². The van der Waals surface area contributed by atoms with E-state index in [4.69, 9.17) is 4.55 Å². The van der Waals surface area contributed by atoms with Crippen molar-refractivity contribution in [1.29, 1.82) is 0 Å². The van der Waals surface area contributed by atoms with Gasteiger partial charge in [-0.2, -0.15) is 4.40 Å². The number of nitrogens with zero attached hydrogens (tertiary/aromatic N) is 1. The molecule has 0 aliphatic carbocycles. The highest BCUT2D eigenvalue weighted by Gasteiger charge is 2.09. The zero-order valence-corrected chi connectivity index (χ0v) is 10.2. The number of halogens is 1. The van der Waals surface area contributed by atoms with Crippen LogP contribution in [0.1, 0.15) is 10.4 Å². The van der Waals surface area contributed by atoms with E-state index in [0.29, 0.717) is 11.3 Å². The van der Waals surface area contributed by atoms with Crippen molar-refractivity contribution in [3.8, 4) is 0 Å². The van der Waals surface area contributed by atoms with Gasteiger partial charge in [0.1, 0.15) is 11.5 Å². The van der Waals surface area contributed by atoms with E-state index in [1.54, 1.807) is 6.07 Å². The van der Waals surface area contributed by atoms with Crippen molar-refractivity contribution in [2.75, 3.05) is 0 Å². The Labute approximate surface area is 104 Å². The summed E-state index contributed by atoms with van der Waals surface area (Å²) in [6.45, 7) is 0. The fraction of sp³-hybridized carbons (Fsp3) is 0. The fourth-order valence-corrected chi connectivity index (χ4v) is 2.49. The number of hydrogen-bond donors (Lipinski definition) is 1. The van der Waals surface area contributed by atoms with Crippen LogP contribution in [0, 0.1) is 5.82 Å². The lowest BCUT2D eigenvalue weighted by Gasteiger charge is -2.02. The molecule has 6 heteroatoms. The third kappa shape index (κ3) is 3.06. The lowest BCUT2D eigenvalue weighted by Crippen LogP contribution is -2.02. The van der Waals surface area contributed by atoms with Crippen molar-refractivity contribution < 1.29 is 13.2 Å². The first kappa shape index (κ1) is 12.1. The van der Waals surface area contributed by atoms with Crippen molar-refractivity contribution in [3.05, 3.63) is 58.0 Å². The molecule has 3 nitrogen and oxygen atoms in total. The summed E-state index contributed by atoms with van der Waals surface area (Å²) in [6, 6.07) is 9.25. The highest BCUT2D eigenvalue weighted by Crippen LogP contribution is 2.17. The summed E-state index contributed by atoms with van der Waals surface area (Å²) in [5.74, 6) is -0.357. The maximum absolute atomic E-state index is 12.8. The van der Waals surface area contributed by atoms with Crippen LogP contribution in [-0.2, 0) is 11.3 Å². The van der Waals surface area contributed by atoms with E-state index in [2.05, 4.69) is 4.40 Å². The van der Waals surface area contributed by atoms with Crippen LogP contribution in [0.4, 0.5) is 4.39 Å². The van der Waals surface area contributed by atoms with Crippen LogP contribution in [-0.4, -0.2) is 14.5 Å². The molecule has 0 amide bonds. The first-order chi connectivity index (χ1) is 8.16. The zero-order valence-electron chi connectivity index (χ0n) is 8.54. The summed E-state index contributed by atoms with van der Waals surface area (Å²) in [5.41, 5.74) is 0.997. The van der Waals surface area contributed by atoms with Crippen molar-refractivity contribution >= 4 is 28.3 Å². The predicted molar refractivity (Wildman–Crippen MR) is 67.1 cm³/mol. The van der Waals surface area contributed by atoms with E-state index >= 15 is 0 Å². The summed E-state index contributed by atoms with van der Waals surface area (Å²) in [4.78, 5) is 0.763. The molecule has 0 radical (unpaired) electrons. The van der Waals surface area contributed by atoms with Gasteiger partial charge in [-0.3, -0.25) is 4.55 Å². The molecule has 17 heavy (non-hydrogen) atoms. The van der Waals surface area contributed by atoms with Crippen LogP contribution in [0.15, 0.2) is 46.2 Å². The summed E-state index contributed by atoms with van der Waals surface area (Å²) in [5, 5.41) is 1.84. The summed E-state index contributed by atoms with van der Waals surface area (Å²) < 4.78 is 36.1. The zero-order chi connectivity index (χ0) is 12.3. The van der Waals surface area contributed by atoms with Gasteiger partial charge < -0.3 is 0 Å². The minimum Gasteiger partial charge on any atom is -0.288 e. The average molecular weight is 269 g/mol. The lowest BCUT2D eigenvalue weighted by atomic mass is 10.1. The molecule has 0 spiro atoms. The smallest absolute Gasteiger partial charge is 0.282 e. The molecule has 88 valence electrons. The van der Waals surface area contributed by atoms with Crippen LogP contribution in [0.25, 0.3) is 0 Å². The standard InChI is InChI=1S/C11H8FNO2S2/c12-9-5-3-8(4-6-9)11(13-17(14)15)10-2-1-7-16-10/h1-7H,(H,14,15). The Balaban J connectivity index is 2.48. The summed E-state index contributed by atoms with van der Waals surface area (Å²) in [6.07, 6.45) is 0. The number of benzene rings is 1. The van der Waals surface area contributed by atoms with Crippen LogP contribution in [0.5, 0.6) is 0 Å². The van der Waals surface area contributed by atoms with E-state index in [1.807, 2.05) is 11.4 Å². The minimum absolute atomic E-state index is 0.357. The monoisotopic (exact) mass is 269 g/mol. The Morgan fingerprint density at radius 3 is 2.53 bits per heavy atom. The van der Waals surface area contributed by atoms with Gasteiger partial charge in [-0.05, 0) is 35.7 Å².